The molecule has 0 aliphatic rings. The molecular formula is C19H20N2O5S2. The number of hydrogen-bond donors (Lipinski definition) is 0. The molecule has 0 N–H and O–H groups in total. The van der Waals surface area contributed by atoms with E-state index in [-0.39, 0.29) is 22.9 Å². The van der Waals surface area contributed by atoms with E-state index in [1.54, 1.807) is 46.8 Å². The number of hydroxylamine groups is 1. The van der Waals surface area contributed by atoms with Crippen molar-refractivity contribution >= 4 is 27.3 Å². The molecule has 0 aliphatic carbocycles. The minimum absolute atomic E-state index is 0.0169. The summed E-state index contributed by atoms with van der Waals surface area (Å²) in [4.78, 5) is 20.6. The molecule has 0 fully saturated rings. The lowest BCUT2D eigenvalue weighted by Crippen LogP contribution is -2.30. The van der Waals surface area contributed by atoms with Gasteiger partial charge in [-0.2, -0.15) is 0 Å². The second kappa shape index (κ2) is 8.70. The lowest BCUT2D eigenvalue weighted by atomic mass is 10.2. The largest absolute Gasteiger partial charge is 0.467 e. The van der Waals surface area contributed by atoms with Crippen molar-refractivity contribution in [3.05, 3.63) is 76.4 Å². The first-order valence-corrected chi connectivity index (χ1v) is 10.7. The zero-order valence-electron chi connectivity index (χ0n) is 15.4. The number of benzene rings is 1. The van der Waals surface area contributed by atoms with Crippen LogP contribution in [0.5, 0.6) is 0 Å². The third kappa shape index (κ3) is 4.50. The molecule has 148 valence electrons. The third-order valence-corrected chi connectivity index (χ3v) is 6.65. The quantitative estimate of drug-likeness (QED) is 0.522. The molecule has 2 aromatic heterocycles. The van der Waals surface area contributed by atoms with E-state index in [2.05, 4.69) is 0 Å². The average molecular weight is 421 g/mol. The predicted molar refractivity (Wildman–Crippen MR) is 105 cm³/mol. The zero-order valence-corrected chi connectivity index (χ0v) is 17.1. The number of sulfonamides is 1. The highest BCUT2D eigenvalue weighted by molar-refractivity contribution is 7.89. The van der Waals surface area contributed by atoms with Gasteiger partial charge >= 0.3 is 0 Å². The fourth-order valence-electron chi connectivity index (χ4n) is 2.60. The van der Waals surface area contributed by atoms with Crippen molar-refractivity contribution in [3.63, 3.8) is 0 Å². The van der Waals surface area contributed by atoms with Crippen LogP contribution in [0.25, 0.3) is 0 Å². The van der Waals surface area contributed by atoms with Crippen LogP contribution < -0.4 is 0 Å². The van der Waals surface area contributed by atoms with Crippen LogP contribution in [0.2, 0.25) is 0 Å². The van der Waals surface area contributed by atoms with Crippen molar-refractivity contribution in [1.82, 2.24) is 9.37 Å². The van der Waals surface area contributed by atoms with E-state index in [0.717, 1.165) is 9.35 Å². The van der Waals surface area contributed by atoms with Gasteiger partial charge in [0.05, 0.1) is 31.4 Å². The molecule has 0 saturated carbocycles. The van der Waals surface area contributed by atoms with Gasteiger partial charge in [-0.1, -0.05) is 16.6 Å². The Labute approximate surface area is 167 Å². The van der Waals surface area contributed by atoms with Crippen molar-refractivity contribution < 1.29 is 22.5 Å². The standard InChI is InChI=1S/C19H20N2O5S2/c1-20(25-2)28(23,24)18-9-3-6-15(12-18)19(22)21(13-16-7-4-10-26-16)14-17-8-5-11-27-17/h3-12H,13-14H2,1-2H3. The average Bonchev–Trinajstić information content (AvgIpc) is 3.40. The molecule has 0 saturated heterocycles. The highest BCUT2D eigenvalue weighted by Gasteiger charge is 2.24. The fraction of sp³-hybridized carbons (Fsp3) is 0.211. The number of hydrogen-bond acceptors (Lipinski definition) is 6. The summed E-state index contributed by atoms with van der Waals surface area (Å²) in [6.07, 6.45) is 1.55. The molecule has 7 nitrogen and oxygen atoms in total. The number of carbonyl (C=O) groups excluding carboxylic acids is 1. The van der Waals surface area contributed by atoms with Gasteiger partial charge in [0.15, 0.2) is 0 Å². The van der Waals surface area contributed by atoms with Crippen LogP contribution in [-0.4, -0.2) is 37.9 Å². The summed E-state index contributed by atoms with van der Waals surface area (Å²) in [6, 6.07) is 13.3. The maximum absolute atomic E-state index is 13.2. The van der Waals surface area contributed by atoms with E-state index >= 15 is 0 Å². The Hall–Kier alpha value is -2.46. The maximum atomic E-state index is 13.2. The van der Waals surface area contributed by atoms with Crippen LogP contribution in [0.15, 0.2) is 69.5 Å². The molecule has 3 rings (SSSR count). The first-order chi connectivity index (χ1) is 13.4. The number of amides is 1. The van der Waals surface area contributed by atoms with Crippen LogP contribution in [0.1, 0.15) is 21.0 Å². The molecule has 0 unspecified atom stereocenters. The summed E-state index contributed by atoms with van der Waals surface area (Å²) in [6.45, 7) is 0.671. The van der Waals surface area contributed by atoms with Crippen molar-refractivity contribution in [2.45, 2.75) is 18.0 Å². The van der Waals surface area contributed by atoms with Crippen LogP contribution in [-0.2, 0) is 28.0 Å². The van der Waals surface area contributed by atoms with E-state index in [4.69, 9.17) is 9.25 Å². The molecule has 0 aliphatic heterocycles. The summed E-state index contributed by atoms with van der Waals surface area (Å²) in [5, 5.41) is 1.94. The predicted octanol–water partition coefficient (Wildman–Crippen LogP) is 3.37. The zero-order chi connectivity index (χ0) is 20.1. The van der Waals surface area contributed by atoms with Crippen molar-refractivity contribution in [2.75, 3.05) is 14.2 Å². The van der Waals surface area contributed by atoms with Crippen molar-refractivity contribution in [2.24, 2.45) is 0 Å². The number of thiophene rings is 1. The minimum Gasteiger partial charge on any atom is -0.467 e. The van der Waals surface area contributed by atoms with Gasteiger partial charge in [0.2, 0.25) is 0 Å². The summed E-state index contributed by atoms with van der Waals surface area (Å²) in [5.74, 6) is 0.356. The van der Waals surface area contributed by atoms with E-state index in [0.29, 0.717) is 12.3 Å². The second-order valence-corrected chi connectivity index (χ2v) is 8.91. The fourth-order valence-corrected chi connectivity index (χ4v) is 4.34. The molecule has 0 bridgehead atoms. The lowest BCUT2D eigenvalue weighted by Gasteiger charge is -2.22. The van der Waals surface area contributed by atoms with Crippen LogP contribution in [0, 0.1) is 0 Å². The van der Waals surface area contributed by atoms with Gasteiger partial charge in [-0.25, -0.2) is 8.42 Å². The summed E-state index contributed by atoms with van der Waals surface area (Å²) < 4.78 is 31.1. The molecular weight excluding hydrogens is 400 g/mol. The first kappa shape index (κ1) is 20.3. The summed E-state index contributed by atoms with van der Waals surface area (Å²) >= 11 is 1.55. The topological polar surface area (TPSA) is 80.1 Å². The highest BCUT2D eigenvalue weighted by Crippen LogP contribution is 2.20. The molecule has 1 aromatic carbocycles. The van der Waals surface area contributed by atoms with Gasteiger partial charge in [-0.3, -0.25) is 9.63 Å². The summed E-state index contributed by atoms with van der Waals surface area (Å²) in [7, 11) is -1.29. The minimum atomic E-state index is -3.85. The Morgan fingerprint density at radius 2 is 1.96 bits per heavy atom. The summed E-state index contributed by atoms with van der Waals surface area (Å²) in [5.41, 5.74) is 0.272. The molecule has 28 heavy (non-hydrogen) atoms. The molecule has 3 aromatic rings. The second-order valence-electron chi connectivity index (χ2n) is 5.95. The van der Waals surface area contributed by atoms with Crippen LogP contribution >= 0.6 is 11.3 Å². The van der Waals surface area contributed by atoms with Crippen molar-refractivity contribution in [3.8, 4) is 0 Å². The van der Waals surface area contributed by atoms with E-state index in [1.165, 1.54) is 26.3 Å². The Bertz CT molecular complexity index is 978. The Morgan fingerprint density at radius 3 is 2.61 bits per heavy atom. The lowest BCUT2D eigenvalue weighted by molar-refractivity contribution is -0.0258. The maximum Gasteiger partial charge on any atom is 0.264 e. The molecule has 0 spiro atoms. The van der Waals surface area contributed by atoms with E-state index < -0.39 is 10.0 Å². The van der Waals surface area contributed by atoms with Gasteiger partial charge in [-0.05, 0) is 41.8 Å². The van der Waals surface area contributed by atoms with Gasteiger partial charge in [-0.15, -0.1) is 11.3 Å². The SMILES string of the molecule is CON(C)S(=O)(=O)c1cccc(C(=O)N(Cc2ccco2)Cc2cccs2)c1. The molecule has 1 amide bonds. The van der Waals surface area contributed by atoms with E-state index in [1.807, 2.05) is 17.5 Å². The number of rotatable bonds is 8. The number of carbonyl (C=O) groups is 1. The molecule has 9 heteroatoms. The van der Waals surface area contributed by atoms with Gasteiger partial charge in [0.1, 0.15) is 5.76 Å². The first-order valence-electron chi connectivity index (χ1n) is 8.39. The number of nitrogens with zero attached hydrogens (tertiary/aromatic N) is 2. The van der Waals surface area contributed by atoms with Crippen LogP contribution in [0.4, 0.5) is 0 Å². The number of furan rings is 1. The van der Waals surface area contributed by atoms with Crippen molar-refractivity contribution in [1.29, 1.82) is 0 Å². The molecule has 0 radical (unpaired) electrons. The normalized spacial score (nSPS) is 11.7. The Balaban J connectivity index is 1.91. The molecule has 0 atom stereocenters. The van der Waals surface area contributed by atoms with Gasteiger partial charge in [0.25, 0.3) is 15.9 Å². The third-order valence-electron chi connectivity index (χ3n) is 4.12. The van der Waals surface area contributed by atoms with Gasteiger partial charge < -0.3 is 9.32 Å². The Kier molecular flexibility index (Phi) is 6.30. The van der Waals surface area contributed by atoms with Crippen LogP contribution in [0.3, 0.4) is 0 Å². The highest BCUT2D eigenvalue weighted by atomic mass is 32.2. The molecule has 2 heterocycles. The monoisotopic (exact) mass is 420 g/mol. The Morgan fingerprint density at radius 1 is 1.14 bits per heavy atom. The smallest absolute Gasteiger partial charge is 0.264 e. The van der Waals surface area contributed by atoms with E-state index in [9.17, 15) is 13.2 Å². The van der Waals surface area contributed by atoms with Gasteiger partial charge in [0, 0.05) is 17.5 Å².